The Morgan fingerprint density at radius 1 is 1.10 bits per heavy atom. The summed E-state index contributed by atoms with van der Waals surface area (Å²) in [6.07, 6.45) is 0. The fraction of sp³-hybridized carbons (Fsp3) is 0.250. The average molecular weight is 356 g/mol. The minimum atomic E-state index is 0.462. The van der Waals surface area contributed by atoms with Crippen molar-refractivity contribution in [2.24, 2.45) is 0 Å². The molecule has 2 aromatic rings. The first-order valence-electron chi connectivity index (χ1n) is 6.24. The molecule has 0 amide bonds. The van der Waals surface area contributed by atoms with Crippen LogP contribution in [-0.2, 0) is 11.9 Å². The van der Waals surface area contributed by atoms with E-state index in [9.17, 15) is 0 Å². The number of halogens is 2. The molecule has 0 fully saturated rings. The van der Waals surface area contributed by atoms with Gasteiger partial charge in [-0.3, -0.25) is 0 Å². The lowest BCUT2D eigenvalue weighted by molar-refractivity contribution is 0.284. The smallest absolute Gasteiger partial charge is 0.180 e. The van der Waals surface area contributed by atoms with E-state index in [0.29, 0.717) is 23.1 Å². The Labute approximate surface area is 132 Å². The van der Waals surface area contributed by atoms with E-state index in [0.717, 1.165) is 16.5 Å². The molecule has 0 atom stereocenters. The van der Waals surface area contributed by atoms with E-state index >= 15 is 0 Å². The highest BCUT2D eigenvalue weighted by Gasteiger charge is 2.12. The number of hydrogen-bond donors (Lipinski definition) is 0. The van der Waals surface area contributed by atoms with Crippen LogP contribution in [0.4, 0.5) is 0 Å². The molecule has 0 N–H and O–H groups in total. The second kappa shape index (κ2) is 7.00. The first-order valence-corrected chi connectivity index (χ1v) is 7.74. The summed E-state index contributed by atoms with van der Waals surface area (Å²) in [6, 6.07) is 12.0. The highest BCUT2D eigenvalue weighted by Crippen LogP contribution is 2.37. The Kier molecular flexibility index (Phi) is 5.32. The highest BCUT2D eigenvalue weighted by molar-refractivity contribution is 9.08. The van der Waals surface area contributed by atoms with Crippen molar-refractivity contribution in [1.82, 2.24) is 0 Å². The molecule has 106 valence electrons. The highest BCUT2D eigenvalue weighted by atomic mass is 79.9. The van der Waals surface area contributed by atoms with Gasteiger partial charge < -0.3 is 9.47 Å². The Hall–Kier alpha value is -1.19. The Bertz CT molecular complexity index is 582. The lowest BCUT2D eigenvalue weighted by atomic mass is 10.2. The van der Waals surface area contributed by atoms with Crippen LogP contribution in [0.3, 0.4) is 0 Å². The van der Waals surface area contributed by atoms with Gasteiger partial charge in [-0.15, -0.1) is 0 Å². The van der Waals surface area contributed by atoms with Crippen LogP contribution in [0.2, 0.25) is 5.02 Å². The number of rotatable bonds is 5. The number of ether oxygens (including phenoxy) is 2. The topological polar surface area (TPSA) is 18.5 Å². The van der Waals surface area contributed by atoms with Crippen LogP contribution in [0.15, 0.2) is 36.4 Å². The van der Waals surface area contributed by atoms with Crippen molar-refractivity contribution in [2.75, 3.05) is 7.11 Å². The van der Waals surface area contributed by atoms with Crippen molar-refractivity contribution in [2.45, 2.75) is 18.9 Å². The van der Waals surface area contributed by atoms with Gasteiger partial charge in [0.05, 0.1) is 12.1 Å². The summed E-state index contributed by atoms with van der Waals surface area (Å²) in [4.78, 5) is 0. The molecule has 0 saturated carbocycles. The second-order valence-corrected chi connectivity index (χ2v) is 5.48. The normalized spacial score (nSPS) is 10.4. The summed E-state index contributed by atoms with van der Waals surface area (Å²) < 4.78 is 11.2. The van der Waals surface area contributed by atoms with E-state index in [1.54, 1.807) is 7.11 Å². The lowest BCUT2D eigenvalue weighted by Gasteiger charge is -2.13. The van der Waals surface area contributed by atoms with E-state index < -0.39 is 0 Å². The van der Waals surface area contributed by atoms with Crippen molar-refractivity contribution in [1.29, 1.82) is 0 Å². The fourth-order valence-corrected chi connectivity index (χ4v) is 2.44. The molecule has 0 aliphatic carbocycles. The van der Waals surface area contributed by atoms with Gasteiger partial charge in [0.25, 0.3) is 0 Å². The van der Waals surface area contributed by atoms with Gasteiger partial charge >= 0.3 is 0 Å². The summed E-state index contributed by atoms with van der Waals surface area (Å²) in [7, 11) is 1.61. The molecule has 0 radical (unpaired) electrons. The second-order valence-electron chi connectivity index (χ2n) is 4.52. The van der Waals surface area contributed by atoms with Gasteiger partial charge in [-0.1, -0.05) is 57.4 Å². The van der Waals surface area contributed by atoms with Crippen molar-refractivity contribution < 1.29 is 9.47 Å². The van der Waals surface area contributed by atoms with Crippen molar-refractivity contribution >= 4 is 27.5 Å². The molecule has 0 bridgehead atoms. The molecular formula is C16H16BrClO2. The van der Waals surface area contributed by atoms with Crippen molar-refractivity contribution in [3.05, 3.63) is 58.1 Å². The maximum Gasteiger partial charge on any atom is 0.180 e. The van der Waals surface area contributed by atoms with Crippen LogP contribution >= 0.6 is 27.5 Å². The van der Waals surface area contributed by atoms with Gasteiger partial charge in [-0.2, -0.15) is 0 Å². The van der Waals surface area contributed by atoms with Gasteiger partial charge in [-0.05, 0) is 30.2 Å². The van der Waals surface area contributed by atoms with Gasteiger partial charge in [0.1, 0.15) is 6.61 Å². The van der Waals surface area contributed by atoms with Gasteiger partial charge in [-0.25, -0.2) is 0 Å². The lowest BCUT2D eigenvalue weighted by Crippen LogP contribution is -1.99. The molecule has 4 heteroatoms. The van der Waals surface area contributed by atoms with Gasteiger partial charge in [0.2, 0.25) is 0 Å². The maximum atomic E-state index is 6.26. The number of benzene rings is 2. The molecule has 0 spiro atoms. The number of hydrogen-bond acceptors (Lipinski definition) is 2. The third-order valence-corrected chi connectivity index (χ3v) is 3.88. The van der Waals surface area contributed by atoms with E-state index in [1.165, 1.54) is 5.56 Å². The van der Waals surface area contributed by atoms with E-state index in [2.05, 4.69) is 35.0 Å². The first-order chi connectivity index (χ1) is 9.63. The summed E-state index contributed by atoms with van der Waals surface area (Å²) in [5, 5.41) is 1.28. The van der Waals surface area contributed by atoms with Gasteiger partial charge in [0.15, 0.2) is 11.5 Å². The van der Waals surface area contributed by atoms with Crippen LogP contribution in [0.25, 0.3) is 0 Å². The maximum absolute atomic E-state index is 6.26. The molecular weight excluding hydrogens is 340 g/mol. The predicted molar refractivity (Wildman–Crippen MR) is 86.1 cm³/mol. The minimum absolute atomic E-state index is 0.462. The van der Waals surface area contributed by atoms with E-state index in [1.807, 2.05) is 24.3 Å². The molecule has 0 saturated heterocycles. The SMILES string of the molecule is COc1cc(CBr)cc(Cl)c1OCc1ccc(C)cc1. The third kappa shape index (κ3) is 3.68. The molecule has 0 unspecified atom stereocenters. The monoisotopic (exact) mass is 354 g/mol. The zero-order valence-electron chi connectivity index (χ0n) is 11.5. The molecule has 2 aromatic carbocycles. The predicted octanol–water partition coefficient (Wildman–Crippen LogP) is 5.13. The quantitative estimate of drug-likeness (QED) is 0.692. The first kappa shape index (κ1) is 15.2. The summed E-state index contributed by atoms with van der Waals surface area (Å²) in [6.45, 7) is 2.52. The number of aryl methyl sites for hydroxylation is 1. The van der Waals surface area contributed by atoms with Crippen LogP contribution in [-0.4, -0.2) is 7.11 Å². The summed E-state index contributed by atoms with van der Waals surface area (Å²) in [5.74, 6) is 1.23. The molecule has 0 heterocycles. The molecule has 0 aromatic heterocycles. The Morgan fingerprint density at radius 3 is 2.40 bits per heavy atom. The molecule has 20 heavy (non-hydrogen) atoms. The van der Waals surface area contributed by atoms with E-state index in [-0.39, 0.29) is 0 Å². The average Bonchev–Trinajstić information content (AvgIpc) is 2.47. The van der Waals surface area contributed by atoms with Crippen LogP contribution in [0.1, 0.15) is 16.7 Å². The van der Waals surface area contributed by atoms with Crippen LogP contribution in [0, 0.1) is 6.92 Å². The standard InChI is InChI=1S/C16H16BrClO2/c1-11-3-5-12(6-4-11)10-20-16-14(18)7-13(9-17)8-15(16)19-2/h3-8H,9-10H2,1-2H3. The zero-order chi connectivity index (χ0) is 14.5. The Morgan fingerprint density at radius 2 is 1.80 bits per heavy atom. The molecule has 0 aliphatic heterocycles. The third-order valence-electron chi connectivity index (χ3n) is 2.95. The summed E-state index contributed by atoms with van der Waals surface area (Å²) in [5.41, 5.74) is 3.37. The number of alkyl halides is 1. The van der Waals surface area contributed by atoms with Crippen LogP contribution in [0.5, 0.6) is 11.5 Å². The number of methoxy groups -OCH3 is 1. The van der Waals surface area contributed by atoms with Crippen LogP contribution < -0.4 is 9.47 Å². The zero-order valence-corrected chi connectivity index (χ0v) is 13.8. The molecule has 2 rings (SSSR count). The molecule has 0 aliphatic rings. The molecule has 2 nitrogen and oxygen atoms in total. The van der Waals surface area contributed by atoms with E-state index in [4.69, 9.17) is 21.1 Å². The van der Waals surface area contributed by atoms with Crippen molar-refractivity contribution in [3.63, 3.8) is 0 Å². The largest absolute Gasteiger partial charge is 0.493 e. The summed E-state index contributed by atoms with van der Waals surface area (Å²) >= 11 is 9.66. The van der Waals surface area contributed by atoms with Crippen molar-refractivity contribution in [3.8, 4) is 11.5 Å². The van der Waals surface area contributed by atoms with Gasteiger partial charge in [0, 0.05) is 5.33 Å². The minimum Gasteiger partial charge on any atom is -0.493 e. The fourth-order valence-electron chi connectivity index (χ4n) is 1.83. The Balaban J connectivity index is 2.18.